The third kappa shape index (κ3) is 4.20. The molecule has 8 nitrogen and oxygen atoms in total. The van der Waals surface area contributed by atoms with Crippen LogP contribution in [-0.4, -0.2) is 31.3 Å². The van der Waals surface area contributed by atoms with E-state index < -0.39 is 17.7 Å². The molecule has 1 unspecified atom stereocenters. The molecule has 176 valence electrons. The van der Waals surface area contributed by atoms with Gasteiger partial charge in [0.2, 0.25) is 0 Å². The van der Waals surface area contributed by atoms with Crippen molar-refractivity contribution in [3.8, 4) is 11.5 Å². The molecule has 0 fully saturated rings. The van der Waals surface area contributed by atoms with Crippen LogP contribution in [0, 0.1) is 6.92 Å². The van der Waals surface area contributed by atoms with Crippen LogP contribution in [0.5, 0.6) is 11.5 Å². The van der Waals surface area contributed by atoms with Crippen LogP contribution in [0.3, 0.4) is 0 Å². The number of amides is 3. The second-order valence-corrected chi connectivity index (χ2v) is 8.75. The lowest BCUT2D eigenvalue weighted by atomic mass is 9.94. The van der Waals surface area contributed by atoms with Crippen LogP contribution >= 0.6 is 15.9 Å². The molecule has 3 aromatic rings. The zero-order valence-corrected chi connectivity index (χ0v) is 20.5. The van der Waals surface area contributed by atoms with Gasteiger partial charge in [0.1, 0.15) is 11.5 Å². The molecule has 1 aliphatic heterocycles. The number of benzene rings is 3. The Morgan fingerprint density at radius 3 is 2.50 bits per heavy atom. The van der Waals surface area contributed by atoms with Crippen molar-refractivity contribution in [1.29, 1.82) is 0 Å². The first-order valence-electron chi connectivity index (χ1n) is 10.5. The quantitative estimate of drug-likeness (QED) is 0.445. The first kappa shape index (κ1) is 23.6. The summed E-state index contributed by atoms with van der Waals surface area (Å²) in [5, 5.41) is 17.5. The fraction of sp³-hybridized carbons (Fsp3) is 0.200. The standard InChI is InChI=1S/C25H24BrN3O5/c1-15-4-6-16(7-5-15)14-27-23(30)25(32)19-12-17(26)8-10-20(19)28-24(31)29(25)21-11-9-18(33-2)13-22(21)34-3/h4-13,32H,14H2,1-3H3,(H,27,30)(H,28,31). The van der Waals surface area contributed by atoms with Crippen molar-refractivity contribution in [2.75, 3.05) is 24.4 Å². The number of hydrogen-bond donors (Lipinski definition) is 3. The average molecular weight is 526 g/mol. The first-order valence-corrected chi connectivity index (χ1v) is 11.3. The minimum absolute atomic E-state index is 0.167. The van der Waals surface area contributed by atoms with Gasteiger partial charge < -0.3 is 25.2 Å². The number of urea groups is 1. The number of nitrogens with zero attached hydrogens (tertiary/aromatic N) is 1. The van der Waals surface area contributed by atoms with E-state index in [0.717, 1.165) is 16.0 Å². The fourth-order valence-electron chi connectivity index (χ4n) is 3.84. The molecule has 0 saturated carbocycles. The second kappa shape index (κ2) is 9.36. The van der Waals surface area contributed by atoms with Crippen LogP contribution in [0.2, 0.25) is 0 Å². The fourth-order valence-corrected chi connectivity index (χ4v) is 4.20. The van der Waals surface area contributed by atoms with Gasteiger partial charge in [-0.3, -0.25) is 4.79 Å². The number of ether oxygens (including phenoxy) is 2. The summed E-state index contributed by atoms with van der Waals surface area (Å²) < 4.78 is 11.3. The molecule has 34 heavy (non-hydrogen) atoms. The maximum atomic E-state index is 13.6. The van der Waals surface area contributed by atoms with Gasteiger partial charge in [0.25, 0.3) is 11.6 Å². The van der Waals surface area contributed by atoms with Gasteiger partial charge in [-0.2, -0.15) is 0 Å². The molecule has 0 aromatic heterocycles. The third-order valence-corrected chi connectivity index (χ3v) is 6.14. The summed E-state index contributed by atoms with van der Waals surface area (Å²) in [5.74, 6) is -0.0219. The van der Waals surface area contributed by atoms with Gasteiger partial charge in [-0.15, -0.1) is 0 Å². The van der Waals surface area contributed by atoms with E-state index in [1.807, 2.05) is 31.2 Å². The van der Waals surface area contributed by atoms with E-state index in [1.54, 1.807) is 36.4 Å². The van der Waals surface area contributed by atoms with Crippen LogP contribution in [0.15, 0.2) is 65.1 Å². The van der Waals surface area contributed by atoms with Gasteiger partial charge in [-0.1, -0.05) is 45.8 Å². The van der Waals surface area contributed by atoms with Crippen molar-refractivity contribution < 1.29 is 24.2 Å². The molecule has 3 aromatic carbocycles. The maximum Gasteiger partial charge on any atom is 0.329 e. The molecule has 0 radical (unpaired) electrons. The lowest BCUT2D eigenvalue weighted by molar-refractivity contribution is -0.140. The smallest absolute Gasteiger partial charge is 0.329 e. The molecule has 1 aliphatic rings. The van der Waals surface area contributed by atoms with Crippen molar-refractivity contribution in [1.82, 2.24) is 5.32 Å². The molecule has 3 amide bonds. The molecular weight excluding hydrogens is 502 g/mol. The van der Waals surface area contributed by atoms with Crippen molar-refractivity contribution in [3.63, 3.8) is 0 Å². The second-order valence-electron chi connectivity index (χ2n) is 7.83. The Bertz CT molecular complexity index is 1250. The van der Waals surface area contributed by atoms with Gasteiger partial charge in [-0.25, -0.2) is 9.69 Å². The number of anilines is 2. The van der Waals surface area contributed by atoms with Crippen LogP contribution < -0.4 is 25.0 Å². The molecule has 1 heterocycles. The molecule has 0 bridgehead atoms. The molecule has 3 N–H and O–H groups in total. The number of aryl methyl sites for hydroxylation is 1. The normalized spacial score (nSPS) is 17.0. The summed E-state index contributed by atoms with van der Waals surface area (Å²) in [6, 6.07) is 16.6. The highest BCUT2D eigenvalue weighted by atomic mass is 79.9. The monoisotopic (exact) mass is 525 g/mol. The Morgan fingerprint density at radius 1 is 1.09 bits per heavy atom. The highest BCUT2D eigenvalue weighted by Crippen LogP contribution is 2.44. The predicted molar refractivity (Wildman–Crippen MR) is 132 cm³/mol. The molecule has 0 aliphatic carbocycles. The van der Waals surface area contributed by atoms with E-state index in [1.165, 1.54) is 14.2 Å². The Kier molecular flexibility index (Phi) is 6.49. The molecule has 1 atom stereocenters. The third-order valence-electron chi connectivity index (χ3n) is 5.64. The van der Waals surface area contributed by atoms with Crippen LogP contribution in [0.25, 0.3) is 0 Å². The Hall–Kier alpha value is -3.56. The minimum atomic E-state index is -2.37. The lowest BCUT2D eigenvalue weighted by Crippen LogP contribution is -2.62. The number of carbonyl (C=O) groups excluding carboxylic acids is 2. The SMILES string of the molecule is COc1ccc(N2C(=O)Nc3ccc(Br)cc3C2(O)C(=O)NCc2ccc(C)cc2)c(OC)c1. The predicted octanol–water partition coefficient (Wildman–Crippen LogP) is 4.29. The van der Waals surface area contributed by atoms with E-state index in [4.69, 9.17) is 9.47 Å². The molecule has 4 rings (SSSR count). The number of methoxy groups -OCH3 is 2. The number of aliphatic hydroxyl groups is 1. The van der Waals surface area contributed by atoms with E-state index in [0.29, 0.717) is 15.9 Å². The summed E-state index contributed by atoms with van der Waals surface area (Å²) >= 11 is 3.40. The first-order chi connectivity index (χ1) is 16.3. The maximum absolute atomic E-state index is 13.6. The Morgan fingerprint density at radius 2 is 1.82 bits per heavy atom. The zero-order valence-electron chi connectivity index (χ0n) is 18.9. The Labute approximate surface area is 205 Å². The van der Waals surface area contributed by atoms with E-state index in [2.05, 4.69) is 26.6 Å². The Balaban J connectivity index is 1.81. The van der Waals surface area contributed by atoms with E-state index >= 15 is 0 Å². The molecule has 9 heteroatoms. The number of carbonyl (C=O) groups is 2. The summed E-state index contributed by atoms with van der Waals surface area (Å²) in [6.45, 7) is 2.14. The topological polar surface area (TPSA) is 100 Å². The van der Waals surface area contributed by atoms with Gasteiger partial charge in [0, 0.05) is 22.6 Å². The largest absolute Gasteiger partial charge is 0.497 e. The van der Waals surface area contributed by atoms with Crippen molar-refractivity contribution >= 4 is 39.2 Å². The highest BCUT2D eigenvalue weighted by molar-refractivity contribution is 9.10. The number of hydrogen-bond acceptors (Lipinski definition) is 5. The zero-order chi connectivity index (χ0) is 24.5. The molecule has 0 saturated heterocycles. The lowest BCUT2D eigenvalue weighted by Gasteiger charge is -2.43. The number of halogens is 1. The van der Waals surface area contributed by atoms with Gasteiger partial charge in [0.05, 0.1) is 25.6 Å². The summed E-state index contributed by atoms with van der Waals surface area (Å²) in [4.78, 5) is 27.9. The minimum Gasteiger partial charge on any atom is -0.497 e. The number of rotatable bonds is 6. The average Bonchev–Trinajstić information content (AvgIpc) is 2.84. The number of fused-ring (bicyclic) bond motifs is 1. The van der Waals surface area contributed by atoms with Crippen LogP contribution in [0.1, 0.15) is 16.7 Å². The number of nitrogens with one attached hydrogen (secondary N) is 2. The van der Waals surface area contributed by atoms with Crippen molar-refractivity contribution in [2.24, 2.45) is 0 Å². The molecular formula is C25H24BrN3O5. The van der Waals surface area contributed by atoms with Gasteiger partial charge in [-0.05, 0) is 42.8 Å². The van der Waals surface area contributed by atoms with Crippen LogP contribution in [-0.2, 0) is 17.1 Å². The van der Waals surface area contributed by atoms with Crippen LogP contribution in [0.4, 0.5) is 16.2 Å². The highest BCUT2D eigenvalue weighted by Gasteiger charge is 2.52. The van der Waals surface area contributed by atoms with Crippen molar-refractivity contribution in [3.05, 3.63) is 81.8 Å². The van der Waals surface area contributed by atoms with Gasteiger partial charge in [0.15, 0.2) is 0 Å². The summed E-state index contributed by atoms with van der Waals surface area (Å²) in [6.07, 6.45) is 0. The van der Waals surface area contributed by atoms with E-state index in [-0.39, 0.29) is 23.5 Å². The molecule has 0 spiro atoms. The van der Waals surface area contributed by atoms with E-state index in [9.17, 15) is 14.7 Å². The summed E-state index contributed by atoms with van der Waals surface area (Å²) in [5.41, 5.74) is 0.304. The van der Waals surface area contributed by atoms with Gasteiger partial charge >= 0.3 is 6.03 Å². The summed E-state index contributed by atoms with van der Waals surface area (Å²) in [7, 11) is 2.94. The van der Waals surface area contributed by atoms with Crippen molar-refractivity contribution in [2.45, 2.75) is 19.2 Å².